The molecule has 214 valence electrons. The maximum atomic E-state index is 14.7. The summed E-state index contributed by atoms with van der Waals surface area (Å²) in [6.45, 7) is 6.05. The summed E-state index contributed by atoms with van der Waals surface area (Å²) in [5.74, 6) is -2.54. The number of hydrogen-bond acceptors (Lipinski definition) is 6. The third-order valence-corrected chi connectivity index (χ3v) is 11.4. The van der Waals surface area contributed by atoms with Gasteiger partial charge in [0.1, 0.15) is 6.10 Å². The third kappa shape index (κ3) is 5.58. The summed E-state index contributed by atoms with van der Waals surface area (Å²) in [7, 11) is -4.53. The Morgan fingerprint density at radius 3 is 2.46 bits per heavy atom. The van der Waals surface area contributed by atoms with Crippen molar-refractivity contribution < 1.29 is 40.9 Å². The zero-order chi connectivity index (χ0) is 27.4. The van der Waals surface area contributed by atoms with Gasteiger partial charge in [-0.2, -0.15) is 8.42 Å². The van der Waals surface area contributed by atoms with E-state index in [0.29, 0.717) is 18.8 Å². The smallest absolute Gasteiger partial charge is 0.393 e. The molecule has 0 aliphatic heterocycles. The van der Waals surface area contributed by atoms with Gasteiger partial charge in [0.05, 0.1) is 12.7 Å². The molecule has 4 unspecified atom stereocenters. The minimum absolute atomic E-state index is 0.0162. The fourth-order valence-electron chi connectivity index (χ4n) is 9.19. The van der Waals surface area contributed by atoms with Gasteiger partial charge >= 0.3 is 10.4 Å². The Morgan fingerprint density at radius 1 is 1.11 bits per heavy atom. The monoisotopic (exact) mass is 551 g/mol. The molecule has 4 N–H and O–H groups in total. The number of rotatable bonds is 8. The number of fused-ring (bicyclic) bond motifs is 5. The SMILES string of the molecule is C[C@H](CCC(=O)NCCOS(=O)(=O)O)[C@H]1CCC2C3C(O)C[C@@H]4C[C@@H](O)C(F)(F)C[C@]4(C)C3CC[C@@]21C. The molecule has 0 aromatic carbocycles. The molecule has 0 radical (unpaired) electrons. The van der Waals surface area contributed by atoms with Crippen molar-refractivity contribution in [3.05, 3.63) is 0 Å². The second-order valence-electron chi connectivity index (χ2n) is 12.8. The predicted molar refractivity (Wildman–Crippen MR) is 132 cm³/mol. The van der Waals surface area contributed by atoms with Crippen molar-refractivity contribution in [2.24, 2.45) is 46.3 Å². The number of carbonyl (C=O) groups excluding carboxylic acids is 1. The first kappa shape index (κ1) is 29.1. The Hall–Kier alpha value is -0.880. The number of aliphatic hydroxyl groups is 2. The van der Waals surface area contributed by atoms with Crippen LogP contribution >= 0.6 is 0 Å². The van der Waals surface area contributed by atoms with Gasteiger partial charge in [-0.15, -0.1) is 0 Å². The number of nitrogens with one attached hydrogen (secondary N) is 1. The molecule has 4 fully saturated rings. The zero-order valence-corrected chi connectivity index (χ0v) is 22.9. The highest BCUT2D eigenvalue weighted by Crippen LogP contribution is 2.69. The minimum Gasteiger partial charge on any atom is -0.393 e. The van der Waals surface area contributed by atoms with Gasteiger partial charge in [0.2, 0.25) is 5.91 Å². The largest absolute Gasteiger partial charge is 0.397 e. The number of aliphatic hydroxyl groups excluding tert-OH is 2. The molecule has 4 rings (SSSR count). The maximum absolute atomic E-state index is 14.7. The van der Waals surface area contributed by atoms with E-state index in [2.05, 4.69) is 23.3 Å². The van der Waals surface area contributed by atoms with E-state index in [9.17, 15) is 32.2 Å². The van der Waals surface area contributed by atoms with E-state index in [0.717, 1.165) is 25.7 Å². The minimum atomic E-state index is -4.53. The van der Waals surface area contributed by atoms with Crippen molar-refractivity contribution in [1.82, 2.24) is 5.32 Å². The molecule has 10 atom stereocenters. The summed E-state index contributed by atoms with van der Waals surface area (Å²) >= 11 is 0. The average molecular weight is 552 g/mol. The summed E-state index contributed by atoms with van der Waals surface area (Å²) in [5, 5.41) is 23.9. The van der Waals surface area contributed by atoms with E-state index in [1.54, 1.807) is 0 Å². The Balaban J connectivity index is 1.38. The van der Waals surface area contributed by atoms with Crippen LogP contribution in [0.2, 0.25) is 0 Å². The van der Waals surface area contributed by atoms with Gasteiger partial charge in [-0.05, 0) is 91.3 Å². The van der Waals surface area contributed by atoms with Crippen LogP contribution in [0.4, 0.5) is 8.78 Å². The number of amides is 1. The molecule has 11 heteroatoms. The molecule has 0 bridgehead atoms. The van der Waals surface area contributed by atoms with Gasteiger partial charge in [0.25, 0.3) is 5.92 Å². The van der Waals surface area contributed by atoms with Crippen LogP contribution in [0.25, 0.3) is 0 Å². The summed E-state index contributed by atoms with van der Waals surface area (Å²) in [4.78, 5) is 12.2. The van der Waals surface area contributed by atoms with Gasteiger partial charge in [-0.3, -0.25) is 9.35 Å². The van der Waals surface area contributed by atoms with Gasteiger partial charge in [0.15, 0.2) is 0 Å². The van der Waals surface area contributed by atoms with Crippen LogP contribution in [-0.2, 0) is 19.4 Å². The molecule has 37 heavy (non-hydrogen) atoms. The molecule has 0 heterocycles. The lowest BCUT2D eigenvalue weighted by Crippen LogP contribution is -2.62. The van der Waals surface area contributed by atoms with Crippen LogP contribution in [0.1, 0.15) is 78.6 Å². The Morgan fingerprint density at radius 2 is 1.78 bits per heavy atom. The molecule has 0 saturated heterocycles. The highest BCUT2D eigenvalue weighted by Gasteiger charge is 2.66. The lowest BCUT2D eigenvalue weighted by molar-refractivity contribution is -0.236. The number of halogens is 2. The normalized spacial score (nSPS) is 43.8. The van der Waals surface area contributed by atoms with Crippen LogP contribution < -0.4 is 5.32 Å². The van der Waals surface area contributed by atoms with Crippen molar-refractivity contribution in [1.29, 1.82) is 0 Å². The Labute approximate surface area is 218 Å². The average Bonchev–Trinajstić information content (AvgIpc) is 3.13. The highest BCUT2D eigenvalue weighted by molar-refractivity contribution is 7.80. The second-order valence-corrected chi connectivity index (χ2v) is 13.9. The van der Waals surface area contributed by atoms with Crippen LogP contribution in [-0.4, -0.2) is 60.4 Å². The van der Waals surface area contributed by atoms with E-state index < -0.39 is 33.9 Å². The standard InChI is InChI=1S/C26H43F2NO7S/c1-15(4-7-22(32)29-10-11-36-37(33,34)35)17-5-6-18-23-19(8-9-24(17,18)2)25(3)14-26(27,28)21(31)13-16(25)12-20(23)30/h15-21,23,30-31H,4-14H2,1-3H3,(H,29,32)(H,33,34,35)/t15-,16-,17-,18?,19?,20?,21-,23?,24-,25+/m1/s1. The fraction of sp³-hybridized carbons (Fsp3) is 0.962. The third-order valence-electron chi connectivity index (χ3n) is 10.9. The van der Waals surface area contributed by atoms with Crippen LogP contribution in [0, 0.1) is 46.3 Å². The molecular formula is C26H43F2NO7S. The van der Waals surface area contributed by atoms with Gasteiger partial charge in [-0.1, -0.05) is 20.8 Å². The summed E-state index contributed by atoms with van der Waals surface area (Å²) < 4.78 is 63.3. The quantitative estimate of drug-likeness (QED) is 0.268. The van der Waals surface area contributed by atoms with Crippen molar-refractivity contribution in [3.63, 3.8) is 0 Å². The Bertz CT molecular complexity index is 965. The number of hydrogen-bond donors (Lipinski definition) is 4. The van der Waals surface area contributed by atoms with Crippen molar-refractivity contribution in [3.8, 4) is 0 Å². The lowest BCUT2D eigenvalue weighted by Gasteiger charge is -2.63. The second kappa shape index (κ2) is 10.3. The molecular weight excluding hydrogens is 508 g/mol. The number of carbonyl (C=O) groups is 1. The van der Waals surface area contributed by atoms with Crippen molar-refractivity contribution in [2.75, 3.05) is 13.2 Å². The van der Waals surface area contributed by atoms with E-state index >= 15 is 0 Å². The summed E-state index contributed by atoms with van der Waals surface area (Å²) in [6.07, 6.45) is 2.63. The lowest BCUT2D eigenvalue weighted by atomic mass is 9.43. The molecule has 8 nitrogen and oxygen atoms in total. The molecule has 0 aromatic heterocycles. The highest BCUT2D eigenvalue weighted by atomic mass is 32.3. The van der Waals surface area contributed by atoms with Crippen LogP contribution in [0.15, 0.2) is 0 Å². The molecule has 4 aliphatic rings. The van der Waals surface area contributed by atoms with Crippen LogP contribution in [0.5, 0.6) is 0 Å². The summed E-state index contributed by atoms with van der Waals surface area (Å²) in [6, 6.07) is 0. The maximum Gasteiger partial charge on any atom is 0.397 e. The topological polar surface area (TPSA) is 133 Å². The molecule has 0 spiro atoms. The number of alkyl halides is 2. The molecule has 4 saturated carbocycles. The fourth-order valence-corrected chi connectivity index (χ4v) is 9.48. The van der Waals surface area contributed by atoms with Gasteiger partial charge in [0, 0.05) is 19.4 Å². The zero-order valence-electron chi connectivity index (χ0n) is 22.0. The van der Waals surface area contributed by atoms with Gasteiger partial charge < -0.3 is 15.5 Å². The Kier molecular flexibility index (Phi) is 8.07. The van der Waals surface area contributed by atoms with E-state index in [4.69, 9.17) is 4.55 Å². The van der Waals surface area contributed by atoms with Gasteiger partial charge in [-0.25, -0.2) is 13.0 Å². The van der Waals surface area contributed by atoms with Crippen molar-refractivity contribution in [2.45, 2.75) is 96.7 Å². The first-order valence-corrected chi connectivity index (χ1v) is 15.1. The van der Waals surface area contributed by atoms with E-state index in [-0.39, 0.29) is 73.3 Å². The molecule has 4 aliphatic carbocycles. The van der Waals surface area contributed by atoms with E-state index in [1.807, 2.05) is 6.92 Å². The van der Waals surface area contributed by atoms with Crippen molar-refractivity contribution >= 4 is 16.3 Å². The first-order chi connectivity index (χ1) is 17.1. The first-order valence-electron chi connectivity index (χ1n) is 13.7. The van der Waals surface area contributed by atoms with E-state index in [1.165, 1.54) is 0 Å². The molecule has 1 amide bonds. The van der Waals surface area contributed by atoms with Crippen LogP contribution in [0.3, 0.4) is 0 Å². The summed E-state index contributed by atoms with van der Waals surface area (Å²) in [5.41, 5.74) is -0.615. The molecule has 0 aromatic rings. The predicted octanol–water partition coefficient (Wildman–Crippen LogP) is 3.57.